The zero-order valence-electron chi connectivity index (χ0n) is 15.9. The first kappa shape index (κ1) is 18.8. The van der Waals surface area contributed by atoms with Gasteiger partial charge in [-0.3, -0.25) is 9.59 Å². The quantitative estimate of drug-likeness (QED) is 0.678. The van der Waals surface area contributed by atoms with Gasteiger partial charge in [0.05, 0.1) is 19.5 Å². The Morgan fingerprint density at radius 2 is 1.62 bits per heavy atom. The van der Waals surface area contributed by atoms with E-state index in [1.165, 1.54) is 0 Å². The number of rotatable bonds is 6. The third kappa shape index (κ3) is 4.66. The van der Waals surface area contributed by atoms with Gasteiger partial charge in [0.2, 0.25) is 11.8 Å². The van der Waals surface area contributed by atoms with Gasteiger partial charge >= 0.3 is 0 Å². The molecule has 6 heteroatoms. The summed E-state index contributed by atoms with van der Waals surface area (Å²) >= 11 is 0. The highest BCUT2D eigenvalue weighted by molar-refractivity contribution is 5.91. The fourth-order valence-electron chi connectivity index (χ4n) is 3.31. The molecule has 148 valence electrons. The van der Waals surface area contributed by atoms with Gasteiger partial charge in [-0.2, -0.15) is 0 Å². The number of hydrogen-bond donors (Lipinski definition) is 2. The molecule has 0 aromatic heterocycles. The standard InChI is InChI=1S/C23H22N2O4/c26-22(12-17-8-5-7-16-6-1-2-9-19(16)17)25-14-23(27)24-13-18-15-28-20-10-3-4-11-21(20)29-18/h1-11,18H,12-15H2,(H,24,27)(H,25,26). The van der Waals surface area contributed by atoms with Gasteiger partial charge < -0.3 is 20.1 Å². The van der Waals surface area contributed by atoms with E-state index in [0.717, 1.165) is 16.3 Å². The van der Waals surface area contributed by atoms with Gasteiger partial charge in [0.15, 0.2) is 11.5 Å². The molecule has 3 aromatic rings. The smallest absolute Gasteiger partial charge is 0.239 e. The number of carbonyl (C=O) groups is 2. The fraction of sp³-hybridized carbons (Fsp3) is 0.217. The molecular formula is C23H22N2O4. The average molecular weight is 390 g/mol. The zero-order chi connectivity index (χ0) is 20.1. The molecule has 0 saturated heterocycles. The van der Waals surface area contributed by atoms with Crippen molar-refractivity contribution in [1.82, 2.24) is 10.6 Å². The monoisotopic (exact) mass is 390 g/mol. The third-order valence-corrected chi connectivity index (χ3v) is 4.77. The van der Waals surface area contributed by atoms with E-state index in [4.69, 9.17) is 9.47 Å². The van der Waals surface area contributed by atoms with Crippen LogP contribution in [0.25, 0.3) is 10.8 Å². The van der Waals surface area contributed by atoms with Crippen molar-refractivity contribution < 1.29 is 19.1 Å². The molecule has 1 heterocycles. The molecule has 6 nitrogen and oxygen atoms in total. The third-order valence-electron chi connectivity index (χ3n) is 4.77. The summed E-state index contributed by atoms with van der Waals surface area (Å²) in [5.74, 6) is 0.915. The molecule has 1 aliphatic heterocycles. The van der Waals surface area contributed by atoms with Crippen LogP contribution in [0.1, 0.15) is 5.56 Å². The number of para-hydroxylation sites is 2. The molecule has 4 rings (SSSR count). The van der Waals surface area contributed by atoms with Gasteiger partial charge in [0, 0.05) is 0 Å². The van der Waals surface area contributed by atoms with Crippen LogP contribution in [0.2, 0.25) is 0 Å². The van der Waals surface area contributed by atoms with Crippen molar-refractivity contribution >= 4 is 22.6 Å². The molecule has 0 spiro atoms. The molecule has 1 aliphatic rings. The highest BCUT2D eigenvalue weighted by atomic mass is 16.6. The van der Waals surface area contributed by atoms with Crippen LogP contribution >= 0.6 is 0 Å². The van der Waals surface area contributed by atoms with Gasteiger partial charge in [-0.1, -0.05) is 54.6 Å². The first-order valence-electron chi connectivity index (χ1n) is 9.57. The van der Waals surface area contributed by atoms with Crippen LogP contribution in [0.15, 0.2) is 66.7 Å². The number of ether oxygens (including phenoxy) is 2. The van der Waals surface area contributed by atoms with Crippen molar-refractivity contribution in [3.8, 4) is 11.5 Å². The van der Waals surface area contributed by atoms with E-state index in [0.29, 0.717) is 24.7 Å². The maximum atomic E-state index is 12.3. The van der Waals surface area contributed by atoms with Crippen molar-refractivity contribution in [3.63, 3.8) is 0 Å². The number of carbonyl (C=O) groups excluding carboxylic acids is 2. The van der Waals surface area contributed by atoms with Crippen LogP contribution in [0.5, 0.6) is 11.5 Å². The summed E-state index contributed by atoms with van der Waals surface area (Å²) in [4.78, 5) is 24.3. The number of nitrogens with one attached hydrogen (secondary N) is 2. The number of benzene rings is 3. The summed E-state index contributed by atoms with van der Waals surface area (Å²) in [6.07, 6.45) is -0.0365. The predicted octanol–water partition coefficient (Wildman–Crippen LogP) is 2.45. The van der Waals surface area contributed by atoms with E-state index >= 15 is 0 Å². The van der Waals surface area contributed by atoms with Crippen molar-refractivity contribution in [2.24, 2.45) is 0 Å². The SMILES string of the molecule is O=C(CNC(=O)Cc1cccc2ccccc12)NCC1COc2ccccc2O1. The maximum Gasteiger partial charge on any atom is 0.239 e. The molecular weight excluding hydrogens is 368 g/mol. The molecule has 1 unspecified atom stereocenters. The Balaban J connectivity index is 1.23. The number of hydrogen-bond acceptors (Lipinski definition) is 4. The lowest BCUT2D eigenvalue weighted by Gasteiger charge is -2.26. The minimum atomic E-state index is -0.265. The van der Waals surface area contributed by atoms with Crippen LogP contribution < -0.4 is 20.1 Å². The zero-order valence-corrected chi connectivity index (χ0v) is 15.9. The van der Waals surface area contributed by atoms with E-state index in [2.05, 4.69) is 10.6 Å². The van der Waals surface area contributed by atoms with Gasteiger partial charge in [-0.25, -0.2) is 0 Å². The second kappa shape index (κ2) is 8.65. The summed E-state index contributed by atoms with van der Waals surface area (Å²) in [7, 11) is 0. The Morgan fingerprint density at radius 3 is 2.52 bits per heavy atom. The first-order valence-corrected chi connectivity index (χ1v) is 9.57. The van der Waals surface area contributed by atoms with Gasteiger partial charge in [-0.05, 0) is 28.5 Å². The lowest BCUT2D eigenvalue weighted by molar-refractivity contribution is -0.126. The Hall–Kier alpha value is -3.54. The molecule has 0 fully saturated rings. The van der Waals surface area contributed by atoms with Crippen LogP contribution in [0.4, 0.5) is 0 Å². The number of fused-ring (bicyclic) bond motifs is 2. The average Bonchev–Trinajstić information content (AvgIpc) is 2.76. The summed E-state index contributed by atoms with van der Waals surface area (Å²) in [5.41, 5.74) is 0.937. The fourth-order valence-corrected chi connectivity index (χ4v) is 3.31. The predicted molar refractivity (Wildman–Crippen MR) is 110 cm³/mol. The van der Waals surface area contributed by atoms with Crippen LogP contribution in [0.3, 0.4) is 0 Å². The molecule has 0 radical (unpaired) electrons. The van der Waals surface area contributed by atoms with Crippen molar-refractivity contribution in [2.75, 3.05) is 19.7 Å². The molecule has 2 N–H and O–H groups in total. The molecule has 0 saturated carbocycles. The molecule has 3 aromatic carbocycles. The van der Waals surface area contributed by atoms with Gasteiger partial charge in [0.1, 0.15) is 12.7 Å². The molecule has 2 amide bonds. The Bertz CT molecular complexity index is 1030. The van der Waals surface area contributed by atoms with Crippen molar-refractivity contribution in [1.29, 1.82) is 0 Å². The summed E-state index contributed by atoms with van der Waals surface area (Å²) in [6.45, 7) is 0.602. The molecule has 29 heavy (non-hydrogen) atoms. The van der Waals surface area contributed by atoms with Crippen LogP contribution in [0, 0.1) is 0 Å². The normalized spacial score (nSPS) is 15.0. The Labute approximate surface area is 168 Å². The summed E-state index contributed by atoms with van der Waals surface area (Å²) in [6, 6.07) is 21.2. The minimum Gasteiger partial charge on any atom is -0.486 e. The molecule has 1 atom stereocenters. The van der Waals surface area contributed by atoms with Crippen molar-refractivity contribution in [3.05, 3.63) is 72.3 Å². The van der Waals surface area contributed by atoms with E-state index in [1.54, 1.807) is 0 Å². The second-order valence-electron chi connectivity index (χ2n) is 6.89. The van der Waals surface area contributed by atoms with E-state index < -0.39 is 0 Å². The molecule has 0 aliphatic carbocycles. The van der Waals surface area contributed by atoms with Crippen LogP contribution in [-0.2, 0) is 16.0 Å². The molecule has 0 bridgehead atoms. The van der Waals surface area contributed by atoms with Crippen molar-refractivity contribution in [2.45, 2.75) is 12.5 Å². The Kier molecular flexibility index (Phi) is 5.61. The lowest BCUT2D eigenvalue weighted by atomic mass is 10.0. The van der Waals surface area contributed by atoms with Gasteiger partial charge in [-0.15, -0.1) is 0 Å². The second-order valence-corrected chi connectivity index (χ2v) is 6.89. The summed E-state index contributed by atoms with van der Waals surface area (Å²) in [5, 5.41) is 7.58. The number of amides is 2. The maximum absolute atomic E-state index is 12.3. The van der Waals surface area contributed by atoms with E-state index in [-0.39, 0.29) is 30.9 Å². The van der Waals surface area contributed by atoms with E-state index in [1.807, 2.05) is 66.7 Å². The van der Waals surface area contributed by atoms with Crippen LogP contribution in [-0.4, -0.2) is 37.6 Å². The topological polar surface area (TPSA) is 76.7 Å². The Morgan fingerprint density at radius 1 is 0.862 bits per heavy atom. The van der Waals surface area contributed by atoms with E-state index in [9.17, 15) is 9.59 Å². The summed E-state index contributed by atoms with van der Waals surface area (Å²) < 4.78 is 11.4. The largest absolute Gasteiger partial charge is 0.486 e. The van der Waals surface area contributed by atoms with Gasteiger partial charge in [0.25, 0.3) is 0 Å². The highest BCUT2D eigenvalue weighted by Crippen LogP contribution is 2.30. The lowest BCUT2D eigenvalue weighted by Crippen LogP contribution is -2.44. The highest BCUT2D eigenvalue weighted by Gasteiger charge is 2.21. The minimum absolute atomic E-state index is 0.0756. The first-order chi connectivity index (χ1) is 14.2.